The van der Waals surface area contributed by atoms with E-state index in [0.717, 1.165) is 6.92 Å². The molecular formula is C13H19N5O6. The maximum Gasteiger partial charge on any atom is 0.167 e. The average molecular weight is 341 g/mol. The topological polar surface area (TPSA) is 180 Å². The first-order valence-electron chi connectivity index (χ1n) is 7.25. The van der Waals surface area contributed by atoms with E-state index in [1.54, 1.807) is 0 Å². The van der Waals surface area contributed by atoms with Gasteiger partial charge in [0.1, 0.15) is 41.9 Å². The number of fused-ring (bicyclic) bond motifs is 1. The van der Waals surface area contributed by atoms with Crippen LogP contribution in [0, 0.1) is 0 Å². The molecular weight excluding hydrogens is 322 g/mol. The molecule has 11 nitrogen and oxygen atoms in total. The molecule has 1 aliphatic heterocycles. The van der Waals surface area contributed by atoms with Gasteiger partial charge in [0.25, 0.3) is 0 Å². The fraction of sp³-hybridized carbons (Fsp3) is 0.615. The third kappa shape index (κ3) is 2.42. The molecule has 24 heavy (non-hydrogen) atoms. The molecule has 0 saturated carbocycles. The summed E-state index contributed by atoms with van der Waals surface area (Å²) in [5, 5.41) is 50.6. The van der Waals surface area contributed by atoms with E-state index in [-0.39, 0.29) is 17.0 Å². The molecule has 0 bridgehead atoms. The molecule has 0 amide bonds. The summed E-state index contributed by atoms with van der Waals surface area (Å²) in [5.41, 5.74) is 4.10. The van der Waals surface area contributed by atoms with Gasteiger partial charge in [0.05, 0.1) is 12.9 Å². The summed E-state index contributed by atoms with van der Waals surface area (Å²) in [6.45, 7) is 0.503. The predicted octanol–water partition coefficient (Wildman–Crippen LogP) is -2.87. The molecule has 0 aromatic carbocycles. The standard InChI is InChI=1S/C13H19N5O6/c1-13(23)8(21)5(2-19)24-12(7(20)9(13)22)18-4-17-6-10(14)15-3-16-11(6)18/h3-5,7-9,12,19-23H,2H2,1H3,(H2,14,15,16)/t5-,7-,8-,9+,12-,13-/m1/s1. The van der Waals surface area contributed by atoms with Gasteiger partial charge >= 0.3 is 0 Å². The molecule has 6 atom stereocenters. The summed E-state index contributed by atoms with van der Waals surface area (Å²) < 4.78 is 6.82. The van der Waals surface area contributed by atoms with E-state index in [4.69, 9.17) is 10.5 Å². The highest BCUT2D eigenvalue weighted by Gasteiger charge is 2.52. The Morgan fingerprint density at radius 2 is 1.96 bits per heavy atom. The first kappa shape index (κ1) is 17.0. The van der Waals surface area contributed by atoms with Gasteiger partial charge in [-0.05, 0) is 6.92 Å². The van der Waals surface area contributed by atoms with Crippen LogP contribution >= 0.6 is 0 Å². The van der Waals surface area contributed by atoms with Gasteiger partial charge < -0.3 is 36.0 Å². The van der Waals surface area contributed by atoms with E-state index in [0.29, 0.717) is 0 Å². The Morgan fingerprint density at radius 3 is 2.62 bits per heavy atom. The van der Waals surface area contributed by atoms with E-state index in [1.165, 1.54) is 17.2 Å². The lowest BCUT2D eigenvalue weighted by Gasteiger charge is -2.34. The van der Waals surface area contributed by atoms with Crippen molar-refractivity contribution in [1.29, 1.82) is 0 Å². The molecule has 0 radical (unpaired) electrons. The number of nitrogen functional groups attached to an aromatic ring is 1. The maximum atomic E-state index is 10.4. The van der Waals surface area contributed by atoms with Crippen LogP contribution in [0.5, 0.6) is 0 Å². The molecule has 1 saturated heterocycles. The number of hydrogen-bond donors (Lipinski definition) is 6. The maximum absolute atomic E-state index is 10.4. The summed E-state index contributed by atoms with van der Waals surface area (Å²) >= 11 is 0. The van der Waals surface area contributed by atoms with E-state index in [2.05, 4.69) is 15.0 Å². The number of imidazole rings is 1. The minimum absolute atomic E-state index is 0.119. The van der Waals surface area contributed by atoms with E-state index in [9.17, 15) is 25.5 Å². The summed E-state index contributed by atoms with van der Waals surface area (Å²) in [6, 6.07) is 0. The van der Waals surface area contributed by atoms with Crippen LogP contribution in [0.3, 0.4) is 0 Å². The predicted molar refractivity (Wildman–Crippen MR) is 79.4 cm³/mol. The fourth-order valence-electron chi connectivity index (χ4n) is 2.82. The van der Waals surface area contributed by atoms with Crippen molar-refractivity contribution in [3.63, 3.8) is 0 Å². The minimum Gasteiger partial charge on any atom is -0.394 e. The first-order chi connectivity index (χ1) is 11.3. The number of ether oxygens (including phenoxy) is 1. The van der Waals surface area contributed by atoms with Crippen molar-refractivity contribution in [2.75, 3.05) is 12.3 Å². The van der Waals surface area contributed by atoms with Crippen molar-refractivity contribution in [2.24, 2.45) is 0 Å². The van der Waals surface area contributed by atoms with Crippen molar-refractivity contribution >= 4 is 17.0 Å². The first-order valence-corrected chi connectivity index (χ1v) is 7.25. The van der Waals surface area contributed by atoms with Gasteiger partial charge in [0, 0.05) is 0 Å². The van der Waals surface area contributed by atoms with Gasteiger partial charge in [-0.3, -0.25) is 4.57 Å². The Kier molecular flexibility index (Phi) is 4.15. The lowest BCUT2D eigenvalue weighted by molar-refractivity contribution is -0.170. The SMILES string of the molecule is C[C@@]1(O)[C@H](O)[C@@H](CO)O[C@@H](n2cnc3c(N)ncnc32)[C@H](O)[C@@H]1O. The van der Waals surface area contributed by atoms with Gasteiger partial charge in [-0.2, -0.15) is 0 Å². The zero-order valence-corrected chi connectivity index (χ0v) is 12.8. The van der Waals surface area contributed by atoms with Crippen LogP contribution in [-0.4, -0.2) is 81.7 Å². The lowest BCUT2D eigenvalue weighted by atomic mass is 9.87. The Hall–Kier alpha value is -1.89. The Labute approximate surface area is 136 Å². The van der Waals surface area contributed by atoms with Crippen LogP contribution in [0.1, 0.15) is 13.2 Å². The molecule has 0 spiro atoms. The second-order valence-corrected chi connectivity index (χ2v) is 5.94. The van der Waals surface area contributed by atoms with Crippen molar-refractivity contribution in [1.82, 2.24) is 19.5 Å². The monoisotopic (exact) mass is 341 g/mol. The molecule has 3 rings (SSSR count). The van der Waals surface area contributed by atoms with Crippen LogP contribution in [0.4, 0.5) is 5.82 Å². The average Bonchev–Trinajstić information content (AvgIpc) is 2.97. The Balaban J connectivity index is 2.10. The van der Waals surface area contributed by atoms with Crippen LogP contribution in [-0.2, 0) is 4.74 Å². The highest BCUT2D eigenvalue weighted by atomic mass is 16.6. The Bertz CT molecular complexity index is 737. The third-order valence-corrected chi connectivity index (χ3v) is 4.32. The van der Waals surface area contributed by atoms with Crippen molar-refractivity contribution < 1.29 is 30.3 Å². The normalized spacial score (nSPS) is 37.5. The molecule has 0 aliphatic carbocycles. The van der Waals surface area contributed by atoms with Crippen LogP contribution in [0.25, 0.3) is 11.2 Å². The fourth-order valence-corrected chi connectivity index (χ4v) is 2.82. The molecule has 132 valence electrons. The summed E-state index contributed by atoms with van der Waals surface area (Å²) in [7, 11) is 0. The second-order valence-electron chi connectivity index (χ2n) is 5.94. The molecule has 2 aromatic heterocycles. The highest BCUT2D eigenvalue weighted by molar-refractivity contribution is 5.81. The number of nitrogens with zero attached hydrogens (tertiary/aromatic N) is 4. The molecule has 1 fully saturated rings. The van der Waals surface area contributed by atoms with Crippen molar-refractivity contribution in [3.05, 3.63) is 12.7 Å². The zero-order valence-electron chi connectivity index (χ0n) is 12.8. The number of aromatic nitrogens is 4. The number of aliphatic hydroxyl groups excluding tert-OH is 4. The zero-order chi connectivity index (χ0) is 17.6. The lowest BCUT2D eigenvalue weighted by Crippen LogP contribution is -2.57. The highest BCUT2D eigenvalue weighted by Crippen LogP contribution is 2.34. The molecule has 1 aliphatic rings. The Morgan fingerprint density at radius 1 is 1.25 bits per heavy atom. The van der Waals surface area contributed by atoms with E-state index in [1.807, 2.05) is 0 Å². The van der Waals surface area contributed by atoms with Gasteiger partial charge in [-0.15, -0.1) is 0 Å². The van der Waals surface area contributed by atoms with E-state index >= 15 is 0 Å². The molecule has 2 aromatic rings. The number of nitrogens with two attached hydrogens (primary N) is 1. The van der Waals surface area contributed by atoms with Gasteiger partial charge in [0.2, 0.25) is 0 Å². The van der Waals surface area contributed by atoms with Gasteiger partial charge in [-0.25, -0.2) is 15.0 Å². The van der Waals surface area contributed by atoms with Crippen molar-refractivity contribution in [2.45, 2.75) is 43.2 Å². The number of rotatable bonds is 2. The van der Waals surface area contributed by atoms with E-state index < -0.39 is 42.9 Å². The van der Waals surface area contributed by atoms with Crippen molar-refractivity contribution in [3.8, 4) is 0 Å². The number of anilines is 1. The summed E-state index contributed by atoms with van der Waals surface area (Å²) in [4.78, 5) is 11.9. The second kappa shape index (κ2) is 5.88. The van der Waals surface area contributed by atoms with Crippen LogP contribution in [0.2, 0.25) is 0 Å². The molecule has 11 heteroatoms. The smallest absolute Gasteiger partial charge is 0.167 e. The molecule has 3 heterocycles. The summed E-state index contributed by atoms with van der Waals surface area (Å²) in [6.07, 6.45) is -5.09. The quantitative estimate of drug-likeness (QED) is 0.332. The third-order valence-electron chi connectivity index (χ3n) is 4.32. The summed E-state index contributed by atoms with van der Waals surface area (Å²) in [5.74, 6) is 0.119. The minimum atomic E-state index is -2.11. The van der Waals surface area contributed by atoms with Crippen LogP contribution in [0.15, 0.2) is 12.7 Å². The molecule has 0 unspecified atom stereocenters. The van der Waals surface area contributed by atoms with Gasteiger partial charge in [0.15, 0.2) is 17.7 Å². The molecule has 7 N–H and O–H groups in total. The number of hydrogen-bond acceptors (Lipinski definition) is 10. The largest absolute Gasteiger partial charge is 0.394 e. The van der Waals surface area contributed by atoms with Gasteiger partial charge in [-0.1, -0.05) is 0 Å². The van der Waals surface area contributed by atoms with Crippen LogP contribution < -0.4 is 5.73 Å². The number of aliphatic hydroxyl groups is 5.